The van der Waals surface area contributed by atoms with Gasteiger partial charge >= 0.3 is 0 Å². The lowest BCUT2D eigenvalue weighted by atomic mass is 9.98. The number of halogens is 1. The van der Waals surface area contributed by atoms with Crippen LogP contribution in [0.2, 0.25) is 5.02 Å². The molecule has 2 fully saturated rings. The van der Waals surface area contributed by atoms with E-state index >= 15 is 0 Å². The van der Waals surface area contributed by atoms with Gasteiger partial charge in [0.15, 0.2) is 0 Å². The molecule has 3 unspecified atom stereocenters. The highest BCUT2D eigenvalue weighted by Crippen LogP contribution is 2.40. The lowest BCUT2D eigenvalue weighted by Gasteiger charge is -2.19. The lowest BCUT2D eigenvalue weighted by Crippen LogP contribution is -2.33. The van der Waals surface area contributed by atoms with E-state index in [1.165, 1.54) is 22.5 Å². The highest BCUT2D eigenvalue weighted by molar-refractivity contribution is 7.89. The third-order valence-electron chi connectivity index (χ3n) is 4.56. The molecule has 1 saturated carbocycles. The molecule has 1 heterocycles. The van der Waals surface area contributed by atoms with E-state index in [2.05, 4.69) is 0 Å². The summed E-state index contributed by atoms with van der Waals surface area (Å²) < 4.78 is 26.9. The van der Waals surface area contributed by atoms with Gasteiger partial charge in [-0.25, -0.2) is 8.42 Å². The minimum absolute atomic E-state index is 0.0664. The maximum atomic E-state index is 12.7. The molecule has 21 heavy (non-hydrogen) atoms. The molecule has 1 aliphatic carbocycles. The van der Waals surface area contributed by atoms with Gasteiger partial charge in [-0.2, -0.15) is 9.57 Å². The fourth-order valence-corrected chi connectivity index (χ4v) is 5.43. The van der Waals surface area contributed by atoms with Crippen LogP contribution < -0.4 is 5.73 Å². The van der Waals surface area contributed by atoms with Crippen molar-refractivity contribution in [2.45, 2.75) is 23.8 Å². The van der Waals surface area contributed by atoms with Crippen molar-refractivity contribution in [1.29, 1.82) is 5.26 Å². The van der Waals surface area contributed by atoms with Crippen LogP contribution in [0.4, 0.5) is 0 Å². The van der Waals surface area contributed by atoms with Crippen LogP contribution in [-0.2, 0) is 10.0 Å². The predicted octanol–water partition coefficient (Wildman–Crippen LogP) is 1.57. The molecular formula is C14H16ClN3O2S. The van der Waals surface area contributed by atoms with E-state index < -0.39 is 10.0 Å². The van der Waals surface area contributed by atoms with Crippen molar-refractivity contribution in [2.75, 3.05) is 13.1 Å². The fourth-order valence-electron chi connectivity index (χ4n) is 3.38. The van der Waals surface area contributed by atoms with Crippen LogP contribution >= 0.6 is 11.6 Å². The number of nitrogens with zero attached hydrogens (tertiary/aromatic N) is 2. The van der Waals surface area contributed by atoms with Gasteiger partial charge in [0.1, 0.15) is 4.90 Å². The quantitative estimate of drug-likeness (QED) is 0.894. The number of nitrogens with two attached hydrogens (primary N) is 1. The summed E-state index contributed by atoms with van der Waals surface area (Å²) in [7, 11) is -3.62. The first-order chi connectivity index (χ1) is 9.93. The second kappa shape index (κ2) is 5.25. The van der Waals surface area contributed by atoms with Crippen molar-refractivity contribution in [3.05, 3.63) is 28.8 Å². The third-order valence-corrected chi connectivity index (χ3v) is 6.87. The minimum atomic E-state index is -3.62. The Balaban J connectivity index is 1.90. The smallest absolute Gasteiger partial charge is 0.244 e. The molecule has 1 aliphatic heterocycles. The van der Waals surface area contributed by atoms with Crippen LogP contribution in [0.3, 0.4) is 0 Å². The van der Waals surface area contributed by atoms with Crippen LogP contribution in [0.1, 0.15) is 18.4 Å². The molecule has 5 nitrogen and oxygen atoms in total. The van der Waals surface area contributed by atoms with E-state index in [1.807, 2.05) is 6.07 Å². The van der Waals surface area contributed by atoms with Crippen LogP contribution in [-0.4, -0.2) is 31.9 Å². The Hall–Kier alpha value is -1.13. The van der Waals surface area contributed by atoms with Gasteiger partial charge in [0.05, 0.1) is 16.7 Å². The Morgan fingerprint density at radius 3 is 2.71 bits per heavy atom. The van der Waals surface area contributed by atoms with E-state index in [0.717, 1.165) is 12.8 Å². The molecule has 0 spiro atoms. The van der Waals surface area contributed by atoms with Crippen molar-refractivity contribution in [3.63, 3.8) is 0 Å². The zero-order valence-corrected chi connectivity index (χ0v) is 12.9. The standard InChI is InChI=1S/C14H16ClN3O2S/c15-12-5-9(6-16)1-4-14(12)21(19,20)18-7-10-2-3-13(17)11(10)8-18/h1,4-5,10-11,13H,2-3,7-8,17H2. The predicted molar refractivity (Wildman–Crippen MR) is 79.1 cm³/mol. The summed E-state index contributed by atoms with van der Waals surface area (Å²) in [5, 5.41) is 8.92. The summed E-state index contributed by atoms with van der Waals surface area (Å²) in [5.74, 6) is 0.601. The molecule has 2 aliphatic rings. The molecular weight excluding hydrogens is 310 g/mol. The van der Waals surface area contributed by atoms with Gasteiger partial charge in [-0.1, -0.05) is 11.6 Å². The number of nitriles is 1. The highest BCUT2D eigenvalue weighted by atomic mass is 35.5. The second-order valence-electron chi connectivity index (χ2n) is 5.74. The topological polar surface area (TPSA) is 87.2 Å². The number of benzene rings is 1. The van der Waals surface area contributed by atoms with Gasteiger partial charge in [-0.3, -0.25) is 0 Å². The fraction of sp³-hybridized carbons (Fsp3) is 0.500. The Morgan fingerprint density at radius 1 is 1.33 bits per heavy atom. The van der Waals surface area contributed by atoms with Gasteiger partial charge in [-0.15, -0.1) is 0 Å². The number of hydrogen-bond acceptors (Lipinski definition) is 4. The first-order valence-corrected chi connectivity index (χ1v) is 8.70. The van der Waals surface area contributed by atoms with Crippen LogP contribution in [0.5, 0.6) is 0 Å². The molecule has 0 bridgehead atoms. The Morgan fingerprint density at radius 2 is 2.10 bits per heavy atom. The summed E-state index contributed by atoms with van der Waals surface area (Å²) in [6.45, 7) is 0.974. The van der Waals surface area contributed by atoms with Gasteiger partial charge < -0.3 is 5.73 Å². The Bertz CT molecular complexity index is 713. The first-order valence-electron chi connectivity index (χ1n) is 6.89. The molecule has 0 amide bonds. The molecule has 3 atom stereocenters. The molecule has 7 heteroatoms. The molecule has 0 aromatic heterocycles. The summed E-state index contributed by atoms with van der Waals surface area (Å²) >= 11 is 6.04. The zero-order chi connectivity index (χ0) is 15.2. The number of rotatable bonds is 2. The normalized spacial score (nSPS) is 29.3. The highest BCUT2D eigenvalue weighted by Gasteiger charge is 2.45. The van der Waals surface area contributed by atoms with E-state index in [9.17, 15) is 8.42 Å². The molecule has 0 radical (unpaired) electrons. The van der Waals surface area contributed by atoms with Crippen molar-refractivity contribution < 1.29 is 8.42 Å². The molecule has 1 saturated heterocycles. The van der Waals surface area contributed by atoms with Crippen LogP contribution in [0, 0.1) is 23.2 Å². The second-order valence-corrected chi connectivity index (χ2v) is 8.06. The maximum absolute atomic E-state index is 12.7. The van der Waals surface area contributed by atoms with E-state index in [-0.39, 0.29) is 21.9 Å². The largest absolute Gasteiger partial charge is 0.327 e. The summed E-state index contributed by atoms with van der Waals surface area (Å²) in [6, 6.07) is 6.30. The van der Waals surface area contributed by atoms with Crippen molar-refractivity contribution in [1.82, 2.24) is 4.31 Å². The third kappa shape index (κ3) is 2.44. The number of hydrogen-bond donors (Lipinski definition) is 1. The molecule has 1 aromatic carbocycles. The maximum Gasteiger partial charge on any atom is 0.244 e. The molecule has 2 N–H and O–H groups in total. The molecule has 3 rings (SSSR count). The van der Waals surface area contributed by atoms with E-state index in [0.29, 0.717) is 24.6 Å². The average molecular weight is 326 g/mol. The first kappa shape index (κ1) is 14.8. The van der Waals surface area contributed by atoms with E-state index in [4.69, 9.17) is 22.6 Å². The van der Waals surface area contributed by atoms with Gasteiger partial charge in [0, 0.05) is 19.1 Å². The summed E-state index contributed by atoms with van der Waals surface area (Å²) in [4.78, 5) is 0.0664. The summed E-state index contributed by atoms with van der Waals surface area (Å²) in [5.41, 5.74) is 6.39. The Kier molecular flexibility index (Phi) is 3.70. The Labute approximate surface area is 129 Å². The van der Waals surface area contributed by atoms with Crippen LogP contribution in [0.25, 0.3) is 0 Å². The van der Waals surface area contributed by atoms with Crippen molar-refractivity contribution in [3.8, 4) is 6.07 Å². The van der Waals surface area contributed by atoms with Gasteiger partial charge in [0.25, 0.3) is 0 Å². The summed E-state index contributed by atoms with van der Waals surface area (Å²) in [6.07, 6.45) is 1.96. The average Bonchev–Trinajstić information content (AvgIpc) is 3.01. The monoisotopic (exact) mass is 325 g/mol. The number of fused-ring (bicyclic) bond motifs is 1. The minimum Gasteiger partial charge on any atom is -0.327 e. The van der Waals surface area contributed by atoms with Gasteiger partial charge in [-0.05, 0) is 42.9 Å². The SMILES string of the molecule is N#Cc1ccc(S(=O)(=O)N2CC3CCC(N)C3C2)c(Cl)c1. The van der Waals surface area contributed by atoms with Gasteiger partial charge in [0.2, 0.25) is 10.0 Å². The lowest BCUT2D eigenvalue weighted by molar-refractivity contribution is 0.427. The van der Waals surface area contributed by atoms with E-state index in [1.54, 1.807) is 0 Å². The molecule has 1 aromatic rings. The van der Waals surface area contributed by atoms with Crippen LogP contribution in [0.15, 0.2) is 23.1 Å². The zero-order valence-electron chi connectivity index (χ0n) is 11.4. The number of sulfonamides is 1. The van der Waals surface area contributed by atoms with Crippen molar-refractivity contribution >= 4 is 21.6 Å². The molecule has 112 valence electrons. The van der Waals surface area contributed by atoms with Crippen molar-refractivity contribution in [2.24, 2.45) is 17.6 Å².